The number of hydrogen-bond acceptors (Lipinski definition) is 4. The largest absolute Gasteiger partial charge is 0.395 e. The molecule has 0 atom stereocenters. The number of rotatable bonds is 7. The number of aliphatic hydroxyl groups is 1. The van der Waals surface area contributed by atoms with Crippen LogP contribution in [-0.2, 0) is 0 Å². The van der Waals surface area contributed by atoms with E-state index in [0.717, 1.165) is 24.1 Å². The van der Waals surface area contributed by atoms with Crippen LogP contribution in [0.5, 0.6) is 0 Å². The van der Waals surface area contributed by atoms with Crippen LogP contribution in [0.3, 0.4) is 0 Å². The monoisotopic (exact) mass is 266 g/mol. The average molecular weight is 266 g/mol. The van der Waals surface area contributed by atoms with Crippen molar-refractivity contribution in [1.29, 1.82) is 0 Å². The number of non-ortho nitro benzene ring substituents is 1. The van der Waals surface area contributed by atoms with Crippen LogP contribution >= 0.6 is 0 Å². The Kier molecular flexibility index (Phi) is 5.76. The number of benzene rings is 1. The summed E-state index contributed by atoms with van der Waals surface area (Å²) in [6, 6.07) is 5.36. The van der Waals surface area contributed by atoms with E-state index in [1.807, 2.05) is 13.0 Å². The Morgan fingerprint density at radius 2 is 1.95 bits per heavy atom. The molecule has 0 bridgehead atoms. The molecule has 0 aromatic heterocycles. The molecule has 0 aliphatic rings. The molecular weight excluding hydrogens is 244 g/mol. The van der Waals surface area contributed by atoms with E-state index in [-0.39, 0.29) is 23.3 Å². The second kappa shape index (κ2) is 7.09. The summed E-state index contributed by atoms with van der Waals surface area (Å²) in [6.07, 6.45) is 1.89. The van der Waals surface area contributed by atoms with Crippen molar-refractivity contribution in [2.45, 2.75) is 39.7 Å². The Bertz CT molecular complexity index is 431. The third kappa shape index (κ3) is 3.92. The third-order valence-electron chi connectivity index (χ3n) is 3.31. The molecule has 5 heteroatoms. The van der Waals surface area contributed by atoms with E-state index >= 15 is 0 Å². The van der Waals surface area contributed by atoms with E-state index in [0.29, 0.717) is 6.54 Å². The fourth-order valence-electron chi connectivity index (χ4n) is 2.37. The van der Waals surface area contributed by atoms with Gasteiger partial charge in [-0.3, -0.25) is 10.1 Å². The molecule has 1 rings (SSSR count). The molecular formula is C14H22N2O3. The third-order valence-corrected chi connectivity index (χ3v) is 3.31. The summed E-state index contributed by atoms with van der Waals surface area (Å²) < 4.78 is 0. The molecule has 0 aliphatic carbocycles. The Labute approximate surface area is 114 Å². The van der Waals surface area contributed by atoms with Crippen LogP contribution in [0.1, 0.15) is 32.3 Å². The summed E-state index contributed by atoms with van der Waals surface area (Å²) in [5.41, 5.74) is 1.77. The van der Waals surface area contributed by atoms with E-state index in [4.69, 9.17) is 0 Å². The quantitative estimate of drug-likeness (QED) is 0.608. The first kappa shape index (κ1) is 15.4. The minimum absolute atomic E-state index is 0.0399. The molecule has 0 heterocycles. The summed E-state index contributed by atoms with van der Waals surface area (Å²) in [4.78, 5) is 12.6. The van der Waals surface area contributed by atoms with Crippen LogP contribution < -0.4 is 4.90 Å². The minimum Gasteiger partial charge on any atom is -0.395 e. The highest BCUT2D eigenvalue weighted by molar-refractivity contribution is 5.56. The zero-order valence-corrected chi connectivity index (χ0v) is 11.8. The van der Waals surface area contributed by atoms with Gasteiger partial charge >= 0.3 is 0 Å². The van der Waals surface area contributed by atoms with Gasteiger partial charge < -0.3 is 10.0 Å². The number of nitrogens with zero attached hydrogens (tertiary/aromatic N) is 2. The summed E-state index contributed by atoms with van der Waals surface area (Å²) in [7, 11) is 0. The number of nitro groups is 1. The Balaban J connectivity index is 3.17. The maximum atomic E-state index is 10.9. The molecule has 0 saturated heterocycles. The lowest BCUT2D eigenvalue weighted by molar-refractivity contribution is -0.384. The van der Waals surface area contributed by atoms with Gasteiger partial charge in [-0.2, -0.15) is 0 Å². The van der Waals surface area contributed by atoms with E-state index in [1.54, 1.807) is 12.1 Å². The molecule has 1 aromatic rings. The molecule has 19 heavy (non-hydrogen) atoms. The first-order valence-corrected chi connectivity index (χ1v) is 6.67. The molecule has 0 radical (unpaired) electrons. The second-order valence-corrected chi connectivity index (χ2v) is 4.67. The molecule has 5 nitrogen and oxygen atoms in total. The molecule has 1 aromatic carbocycles. The molecule has 0 spiro atoms. The highest BCUT2D eigenvalue weighted by atomic mass is 16.6. The zero-order valence-electron chi connectivity index (χ0n) is 11.8. The van der Waals surface area contributed by atoms with Crippen molar-refractivity contribution >= 4 is 11.4 Å². The van der Waals surface area contributed by atoms with Gasteiger partial charge in [-0.15, -0.1) is 0 Å². The maximum Gasteiger partial charge on any atom is 0.271 e. The van der Waals surface area contributed by atoms with Crippen LogP contribution in [-0.4, -0.2) is 29.2 Å². The lowest BCUT2D eigenvalue weighted by Crippen LogP contribution is -2.36. The Hall–Kier alpha value is -1.62. The average Bonchev–Trinajstić information content (AvgIpc) is 2.38. The van der Waals surface area contributed by atoms with Crippen molar-refractivity contribution in [2.24, 2.45) is 0 Å². The van der Waals surface area contributed by atoms with E-state index < -0.39 is 0 Å². The Morgan fingerprint density at radius 3 is 2.42 bits per heavy atom. The molecule has 0 fully saturated rings. The number of anilines is 1. The molecule has 0 amide bonds. The molecule has 0 unspecified atom stereocenters. The SMILES string of the molecule is CCC(CC)N(CCO)c1cc(C)cc([N+](=O)[O-])c1. The number of nitro benzene ring substituents is 1. The van der Waals surface area contributed by atoms with Crippen molar-refractivity contribution in [1.82, 2.24) is 0 Å². The Morgan fingerprint density at radius 1 is 1.32 bits per heavy atom. The van der Waals surface area contributed by atoms with Crippen molar-refractivity contribution in [3.8, 4) is 0 Å². The predicted octanol–water partition coefficient (Wildman–Crippen LogP) is 2.89. The molecule has 0 aliphatic heterocycles. The summed E-state index contributed by atoms with van der Waals surface area (Å²) in [6.45, 7) is 6.55. The fraction of sp³-hybridized carbons (Fsp3) is 0.571. The van der Waals surface area contributed by atoms with Gasteiger partial charge in [0, 0.05) is 30.4 Å². The van der Waals surface area contributed by atoms with Crippen molar-refractivity contribution in [3.05, 3.63) is 33.9 Å². The van der Waals surface area contributed by atoms with E-state index in [1.165, 1.54) is 0 Å². The van der Waals surface area contributed by atoms with Gasteiger partial charge in [-0.25, -0.2) is 0 Å². The van der Waals surface area contributed by atoms with Gasteiger partial charge in [-0.1, -0.05) is 13.8 Å². The summed E-state index contributed by atoms with van der Waals surface area (Å²) >= 11 is 0. The van der Waals surface area contributed by atoms with Gasteiger partial charge in [-0.05, 0) is 31.4 Å². The van der Waals surface area contributed by atoms with Crippen molar-refractivity contribution in [3.63, 3.8) is 0 Å². The maximum absolute atomic E-state index is 10.9. The summed E-state index contributed by atoms with van der Waals surface area (Å²) in [5, 5.41) is 20.1. The van der Waals surface area contributed by atoms with Crippen LogP contribution in [0.4, 0.5) is 11.4 Å². The fourth-order valence-corrected chi connectivity index (χ4v) is 2.37. The lowest BCUT2D eigenvalue weighted by atomic mass is 10.1. The van der Waals surface area contributed by atoms with Crippen LogP contribution in [0.25, 0.3) is 0 Å². The highest BCUT2D eigenvalue weighted by Crippen LogP contribution is 2.26. The molecule has 0 saturated carbocycles. The van der Waals surface area contributed by atoms with Crippen molar-refractivity contribution < 1.29 is 10.0 Å². The van der Waals surface area contributed by atoms with Crippen LogP contribution in [0.15, 0.2) is 18.2 Å². The van der Waals surface area contributed by atoms with E-state index in [9.17, 15) is 15.2 Å². The second-order valence-electron chi connectivity index (χ2n) is 4.67. The standard InChI is InChI=1S/C14H22N2O3/c1-4-12(5-2)15(6-7-17)13-8-11(3)9-14(10-13)16(18)19/h8-10,12,17H,4-7H2,1-3H3. The van der Waals surface area contributed by atoms with E-state index in [2.05, 4.69) is 18.7 Å². The molecule has 106 valence electrons. The van der Waals surface area contributed by atoms with Gasteiger partial charge in [0.05, 0.1) is 11.5 Å². The number of aliphatic hydroxyl groups excluding tert-OH is 1. The highest BCUT2D eigenvalue weighted by Gasteiger charge is 2.18. The first-order chi connectivity index (χ1) is 9.03. The van der Waals surface area contributed by atoms with Gasteiger partial charge in [0.15, 0.2) is 0 Å². The number of hydrogen-bond donors (Lipinski definition) is 1. The molecule has 1 N–H and O–H groups in total. The van der Waals surface area contributed by atoms with Crippen LogP contribution in [0.2, 0.25) is 0 Å². The van der Waals surface area contributed by atoms with Crippen molar-refractivity contribution in [2.75, 3.05) is 18.1 Å². The number of aryl methyl sites for hydroxylation is 1. The zero-order chi connectivity index (χ0) is 14.4. The van der Waals surface area contributed by atoms with Crippen LogP contribution in [0, 0.1) is 17.0 Å². The first-order valence-electron chi connectivity index (χ1n) is 6.67. The smallest absolute Gasteiger partial charge is 0.271 e. The topological polar surface area (TPSA) is 66.6 Å². The van der Waals surface area contributed by atoms with Gasteiger partial charge in [0.1, 0.15) is 0 Å². The van der Waals surface area contributed by atoms with Gasteiger partial charge in [0.25, 0.3) is 5.69 Å². The summed E-state index contributed by atoms with van der Waals surface area (Å²) in [5.74, 6) is 0. The lowest BCUT2D eigenvalue weighted by Gasteiger charge is -2.32. The minimum atomic E-state index is -0.374. The normalized spacial score (nSPS) is 10.8. The predicted molar refractivity (Wildman–Crippen MR) is 76.6 cm³/mol. The van der Waals surface area contributed by atoms with Gasteiger partial charge in [0.2, 0.25) is 0 Å².